The van der Waals surface area contributed by atoms with Crippen LogP contribution >= 0.6 is 0 Å². The molecule has 2 rings (SSSR count). The van der Waals surface area contributed by atoms with Gasteiger partial charge in [-0.25, -0.2) is 0 Å². The summed E-state index contributed by atoms with van der Waals surface area (Å²) in [6.07, 6.45) is 5.37. The van der Waals surface area contributed by atoms with Crippen molar-refractivity contribution in [2.24, 2.45) is 0 Å². The standard InChI is InChI=1S/C15H23N3O2/c1-4-6-16-12(2)13-5-7-18(9-13)10-14-8-15(11-19-3)20-17-14/h5,7-9,12,16H,4,6,10-11H2,1-3H3. The predicted octanol–water partition coefficient (Wildman–Crippen LogP) is 2.73. The second-order valence-electron chi connectivity index (χ2n) is 5.01. The van der Waals surface area contributed by atoms with Crippen molar-refractivity contribution in [3.05, 3.63) is 41.5 Å². The highest BCUT2D eigenvalue weighted by Crippen LogP contribution is 2.14. The van der Waals surface area contributed by atoms with Crippen molar-refractivity contribution < 1.29 is 9.26 Å². The van der Waals surface area contributed by atoms with Crippen molar-refractivity contribution in [2.75, 3.05) is 13.7 Å². The van der Waals surface area contributed by atoms with E-state index in [1.54, 1.807) is 7.11 Å². The van der Waals surface area contributed by atoms with Crippen molar-refractivity contribution in [2.45, 2.75) is 39.5 Å². The molecule has 0 aliphatic heterocycles. The molecule has 20 heavy (non-hydrogen) atoms. The summed E-state index contributed by atoms with van der Waals surface area (Å²) in [6.45, 7) is 6.57. The molecule has 0 saturated carbocycles. The highest BCUT2D eigenvalue weighted by Gasteiger charge is 2.08. The van der Waals surface area contributed by atoms with Gasteiger partial charge in [0.05, 0.1) is 6.54 Å². The second-order valence-corrected chi connectivity index (χ2v) is 5.01. The molecular formula is C15H23N3O2. The molecule has 0 amide bonds. The molecule has 0 saturated heterocycles. The Morgan fingerprint density at radius 2 is 2.35 bits per heavy atom. The topological polar surface area (TPSA) is 52.2 Å². The van der Waals surface area contributed by atoms with E-state index in [2.05, 4.69) is 47.3 Å². The number of aromatic nitrogens is 2. The first kappa shape index (κ1) is 14.8. The first-order valence-electron chi connectivity index (χ1n) is 7.05. The molecule has 0 fully saturated rings. The minimum Gasteiger partial charge on any atom is -0.377 e. The summed E-state index contributed by atoms with van der Waals surface area (Å²) < 4.78 is 12.3. The maximum Gasteiger partial charge on any atom is 0.162 e. The van der Waals surface area contributed by atoms with E-state index in [0.29, 0.717) is 19.2 Å². The molecule has 5 nitrogen and oxygen atoms in total. The highest BCUT2D eigenvalue weighted by atomic mass is 16.5. The summed E-state index contributed by atoms with van der Waals surface area (Å²) in [4.78, 5) is 0. The molecular weight excluding hydrogens is 254 g/mol. The molecule has 2 heterocycles. The van der Waals surface area contributed by atoms with Crippen LogP contribution in [-0.4, -0.2) is 23.4 Å². The molecule has 1 atom stereocenters. The molecule has 0 spiro atoms. The SMILES string of the molecule is CCCNC(C)c1ccn(Cc2cc(COC)on2)c1. The molecule has 1 N–H and O–H groups in total. The van der Waals surface area contributed by atoms with E-state index in [1.165, 1.54) is 5.56 Å². The quantitative estimate of drug-likeness (QED) is 0.806. The van der Waals surface area contributed by atoms with E-state index in [9.17, 15) is 0 Å². The molecule has 1 unspecified atom stereocenters. The van der Waals surface area contributed by atoms with Crippen molar-refractivity contribution in [1.82, 2.24) is 15.0 Å². The van der Waals surface area contributed by atoms with Crippen LogP contribution in [0.3, 0.4) is 0 Å². The molecule has 2 aromatic rings. The molecule has 2 aromatic heterocycles. The first-order chi connectivity index (χ1) is 9.72. The van der Waals surface area contributed by atoms with E-state index in [-0.39, 0.29) is 0 Å². The number of ether oxygens (including phenoxy) is 1. The lowest BCUT2D eigenvalue weighted by molar-refractivity contribution is 0.155. The van der Waals surface area contributed by atoms with Crippen LogP contribution in [0.1, 0.15) is 43.3 Å². The second kappa shape index (κ2) is 7.26. The van der Waals surface area contributed by atoms with Crippen LogP contribution in [0.5, 0.6) is 0 Å². The predicted molar refractivity (Wildman–Crippen MR) is 77.5 cm³/mol. The Hall–Kier alpha value is -1.59. The van der Waals surface area contributed by atoms with Gasteiger partial charge in [-0.2, -0.15) is 0 Å². The van der Waals surface area contributed by atoms with Crippen molar-refractivity contribution >= 4 is 0 Å². The van der Waals surface area contributed by atoms with Crippen LogP contribution in [-0.2, 0) is 17.9 Å². The Bertz CT molecular complexity index is 519. The smallest absolute Gasteiger partial charge is 0.162 e. The average molecular weight is 277 g/mol. The summed E-state index contributed by atoms with van der Waals surface area (Å²) in [5.74, 6) is 0.757. The minimum atomic E-state index is 0.373. The summed E-state index contributed by atoms with van der Waals surface area (Å²) in [5, 5.41) is 7.52. The number of hydrogen-bond donors (Lipinski definition) is 1. The van der Waals surface area contributed by atoms with Crippen molar-refractivity contribution in [3.8, 4) is 0 Å². The summed E-state index contributed by atoms with van der Waals surface area (Å²) in [7, 11) is 1.64. The lowest BCUT2D eigenvalue weighted by Gasteiger charge is -2.11. The van der Waals surface area contributed by atoms with Gasteiger partial charge >= 0.3 is 0 Å². The Kier molecular flexibility index (Phi) is 5.38. The van der Waals surface area contributed by atoms with Gasteiger partial charge in [-0.15, -0.1) is 0 Å². The summed E-state index contributed by atoms with van der Waals surface area (Å²) in [5.41, 5.74) is 2.20. The zero-order valence-electron chi connectivity index (χ0n) is 12.4. The lowest BCUT2D eigenvalue weighted by Crippen LogP contribution is -2.18. The zero-order valence-corrected chi connectivity index (χ0v) is 12.4. The first-order valence-corrected chi connectivity index (χ1v) is 7.05. The van der Waals surface area contributed by atoms with Gasteiger partial charge in [0.2, 0.25) is 0 Å². The molecule has 0 bridgehead atoms. The number of rotatable bonds is 8. The molecule has 0 aromatic carbocycles. The van der Waals surface area contributed by atoms with Crippen molar-refractivity contribution in [3.63, 3.8) is 0 Å². The van der Waals surface area contributed by atoms with E-state index in [0.717, 1.165) is 24.4 Å². The van der Waals surface area contributed by atoms with E-state index in [4.69, 9.17) is 9.26 Å². The van der Waals surface area contributed by atoms with Crippen LogP contribution in [0, 0.1) is 0 Å². The Morgan fingerprint density at radius 3 is 3.10 bits per heavy atom. The average Bonchev–Trinajstić information content (AvgIpc) is 3.07. The minimum absolute atomic E-state index is 0.373. The third-order valence-electron chi connectivity index (χ3n) is 3.21. The fraction of sp³-hybridized carbons (Fsp3) is 0.533. The normalized spacial score (nSPS) is 12.8. The van der Waals surface area contributed by atoms with Crippen LogP contribution in [0.15, 0.2) is 29.0 Å². The number of hydrogen-bond acceptors (Lipinski definition) is 4. The van der Waals surface area contributed by atoms with Gasteiger partial charge in [-0.05, 0) is 31.5 Å². The third-order valence-corrected chi connectivity index (χ3v) is 3.21. The van der Waals surface area contributed by atoms with Crippen LogP contribution in [0.4, 0.5) is 0 Å². The van der Waals surface area contributed by atoms with Gasteiger partial charge in [0.15, 0.2) is 5.76 Å². The molecule has 5 heteroatoms. The fourth-order valence-corrected chi connectivity index (χ4v) is 2.12. The van der Waals surface area contributed by atoms with Gasteiger partial charge in [0.1, 0.15) is 12.3 Å². The molecule has 110 valence electrons. The van der Waals surface area contributed by atoms with Crippen LogP contribution in [0.2, 0.25) is 0 Å². The highest BCUT2D eigenvalue weighted by molar-refractivity contribution is 5.16. The van der Waals surface area contributed by atoms with Gasteiger partial charge in [0.25, 0.3) is 0 Å². The van der Waals surface area contributed by atoms with Gasteiger partial charge in [0, 0.05) is 31.6 Å². The monoisotopic (exact) mass is 277 g/mol. The fourth-order valence-electron chi connectivity index (χ4n) is 2.12. The van der Waals surface area contributed by atoms with Gasteiger partial charge in [-0.3, -0.25) is 0 Å². The third kappa shape index (κ3) is 3.95. The van der Waals surface area contributed by atoms with E-state index < -0.39 is 0 Å². The number of nitrogens with one attached hydrogen (secondary N) is 1. The zero-order chi connectivity index (χ0) is 14.4. The molecule has 0 aliphatic carbocycles. The Morgan fingerprint density at radius 1 is 1.50 bits per heavy atom. The summed E-state index contributed by atoms with van der Waals surface area (Å²) >= 11 is 0. The molecule has 0 aliphatic rings. The van der Waals surface area contributed by atoms with Gasteiger partial charge in [-0.1, -0.05) is 12.1 Å². The molecule has 0 radical (unpaired) electrons. The maximum atomic E-state index is 5.18. The van der Waals surface area contributed by atoms with E-state index in [1.807, 2.05) is 6.07 Å². The Labute approximate surface area is 119 Å². The number of methoxy groups -OCH3 is 1. The van der Waals surface area contributed by atoms with Crippen molar-refractivity contribution in [1.29, 1.82) is 0 Å². The number of nitrogens with zero attached hydrogens (tertiary/aromatic N) is 2. The summed E-state index contributed by atoms with van der Waals surface area (Å²) in [6, 6.07) is 4.45. The maximum absolute atomic E-state index is 5.18. The van der Waals surface area contributed by atoms with Crippen LogP contribution < -0.4 is 5.32 Å². The largest absolute Gasteiger partial charge is 0.377 e. The van der Waals surface area contributed by atoms with Gasteiger partial charge < -0.3 is 19.1 Å². The van der Waals surface area contributed by atoms with Crippen LogP contribution in [0.25, 0.3) is 0 Å². The Balaban J connectivity index is 1.94. The lowest BCUT2D eigenvalue weighted by atomic mass is 10.2. The van der Waals surface area contributed by atoms with E-state index >= 15 is 0 Å².